The number of nitrogens with one attached hydrogen (secondary N) is 1. The summed E-state index contributed by atoms with van der Waals surface area (Å²) in [6, 6.07) is 5.86. The van der Waals surface area contributed by atoms with E-state index < -0.39 is 0 Å². The van der Waals surface area contributed by atoms with Crippen LogP contribution in [0.1, 0.15) is 57.9 Å². The monoisotopic (exact) mass is 297 g/mol. The quantitative estimate of drug-likeness (QED) is 0.568. The van der Waals surface area contributed by atoms with E-state index in [2.05, 4.69) is 19.2 Å². The van der Waals surface area contributed by atoms with Crippen molar-refractivity contribution in [2.24, 2.45) is 0 Å². The second-order valence-corrected chi connectivity index (χ2v) is 5.59. The van der Waals surface area contributed by atoms with E-state index in [1.807, 2.05) is 18.2 Å². The van der Waals surface area contributed by atoms with Gasteiger partial charge in [0.2, 0.25) is 0 Å². The molecule has 0 aromatic heterocycles. The van der Waals surface area contributed by atoms with Crippen LogP contribution < -0.4 is 10.1 Å². The molecule has 114 valence electrons. The van der Waals surface area contributed by atoms with Gasteiger partial charge in [-0.3, -0.25) is 0 Å². The number of halogens is 1. The molecule has 0 heterocycles. The van der Waals surface area contributed by atoms with Gasteiger partial charge in [0, 0.05) is 17.1 Å². The van der Waals surface area contributed by atoms with Crippen molar-refractivity contribution in [2.45, 2.75) is 58.9 Å². The van der Waals surface area contributed by atoms with Crippen molar-refractivity contribution >= 4 is 11.6 Å². The number of unbranched alkanes of at least 4 members (excludes halogenated alkanes) is 5. The molecule has 0 aliphatic rings. The van der Waals surface area contributed by atoms with Gasteiger partial charge in [-0.05, 0) is 31.2 Å². The molecule has 1 aromatic rings. The first-order chi connectivity index (χ1) is 9.77. The normalized spacial score (nSPS) is 10.8. The first-order valence-electron chi connectivity index (χ1n) is 7.89. The van der Waals surface area contributed by atoms with E-state index in [0.717, 1.165) is 42.5 Å². The average Bonchev–Trinajstić information content (AvgIpc) is 2.45. The molecule has 0 atom stereocenters. The van der Waals surface area contributed by atoms with E-state index in [1.54, 1.807) is 0 Å². The Kier molecular flexibility index (Phi) is 9.52. The third kappa shape index (κ3) is 7.16. The van der Waals surface area contributed by atoms with Gasteiger partial charge in [-0.1, -0.05) is 57.6 Å². The Balaban J connectivity index is 2.31. The van der Waals surface area contributed by atoms with Crippen molar-refractivity contribution in [1.29, 1.82) is 0 Å². The number of hydrogen-bond donors (Lipinski definition) is 1. The van der Waals surface area contributed by atoms with Crippen LogP contribution >= 0.6 is 11.6 Å². The van der Waals surface area contributed by atoms with Crippen LogP contribution in [0.3, 0.4) is 0 Å². The van der Waals surface area contributed by atoms with Crippen LogP contribution in [0.15, 0.2) is 18.2 Å². The van der Waals surface area contributed by atoms with Crippen molar-refractivity contribution in [1.82, 2.24) is 5.32 Å². The van der Waals surface area contributed by atoms with Crippen molar-refractivity contribution in [3.8, 4) is 5.75 Å². The van der Waals surface area contributed by atoms with Gasteiger partial charge in [-0.2, -0.15) is 0 Å². The van der Waals surface area contributed by atoms with Crippen molar-refractivity contribution in [3.63, 3.8) is 0 Å². The Hall–Kier alpha value is -0.730. The summed E-state index contributed by atoms with van der Waals surface area (Å²) in [5.74, 6) is 0.962. The number of benzene rings is 1. The van der Waals surface area contributed by atoms with Gasteiger partial charge in [0.15, 0.2) is 0 Å². The highest BCUT2D eigenvalue weighted by atomic mass is 35.5. The zero-order valence-electron chi connectivity index (χ0n) is 12.9. The molecule has 0 saturated heterocycles. The molecule has 0 fully saturated rings. The van der Waals surface area contributed by atoms with E-state index in [1.165, 1.54) is 32.1 Å². The van der Waals surface area contributed by atoms with Gasteiger partial charge in [0.25, 0.3) is 0 Å². The molecular formula is C17H28ClNO. The lowest BCUT2D eigenvalue weighted by Gasteiger charge is -2.12. The largest absolute Gasteiger partial charge is 0.493 e. The van der Waals surface area contributed by atoms with Crippen molar-refractivity contribution < 1.29 is 4.74 Å². The van der Waals surface area contributed by atoms with Gasteiger partial charge < -0.3 is 10.1 Å². The predicted molar refractivity (Wildman–Crippen MR) is 87.7 cm³/mol. The van der Waals surface area contributed by atoms with E-state index in [9.17, 15) is 0 Å². The average molecular weight is 298 g/mol. The summed E-state index contributed by atoms with van der Waals surface area (Å²) in [4.78, 5) is 0. The SMILES string of the molecule is CCCCCCCCOc1ccc(Cl)cc1CNCC. The molecule has 20 heavy (non-hydrogen) atoms. The van der Waals surface area contributed by atoms with Crippen LogP contribution in [0.4, 0.5) is 0 Å². The summed E-state index contributed by atoms with van der Waals surface area (Å²) < 4.78 is 5.90. The molecule has 0 unspecified atom stereocenters. The molecule has 0 bridgehead atoms. The lowest BCUT2D eigenvalue weighted by atomic mass is 10.1. The van der Waals surface area contributed by atoms with E-state index in [4.69, 9.17) is 16.3 Å². The third-order valence-electron chi connectivity index (χ3n) is 3.34. The Morgan fingerprint density at radius 2 is 1.80 bits per heavy atom. The summed E-state index contributed by atoms with van der Waals surface area (Å²) in [6.45, 7) is 6.90. The van der Waals surface area contributed by atoms with E-state index in [-0.39, 0.29) is 0 Å². The fraction of sp³-hybridized carbons (Fsp3) is 0.647. The van der Waals surface area contributed by atoms with E-state index >= 15 is 0 Å². The molecule has 1 aromatic carbocycles. The van der Waals surface area contributed by atoms with Gasteiger partial charge in [0.1, 0.15) is 5.75 Å². The Morgan fingerprint density at radius 3 is 2.55 bits per heavy atom. The third-order valence-corrected chi connectivity index (χ3v) is 3.58. The van der Waals surface area contributed by atoms with Crippen LogP contribution in [0, 0.1) is 0 Å². The van der Waals surface area contributed by atoms with Crippen molar-refractivity contribution in [2.75, 3.05) is 13.2 Å². The Labute approximate surface area is 128 Å². The molecule has 0 spiro atoms. The maximum Gasteiger partial charge on any atom is 0.123 e. The summed E-state index contributed by atoms with van der Waals surface area (Å²) in [5.41, 5.74) is 1.14. The van der Waals surface area contributed by atoms with E-state index in [0.29, 0.717) is 0 Å². The lowest BCUT2D eigenvalue weighted by Crippen LogP contribution is -2.13. The van der Waals surface area contributed by atoms with Crippen molar-refractivity contribution in [3.05, 3.63) is 28.8 Å². The molecule has 0 amide bonds. The minimum atomic E-state index is 0.768. The number of ether oxygens (including phenoxy) is 1. The highest BCUT2D eigenvalue weighted by molar-refractivity contribution is 6.30. The zero-order chi connectivity index (χ0) is 14.6. The zero-order valence-corrected chi connectivity index (χ0v) is 13.6. The lowest BCUT2D eigenvalue weighted by molar-refractivity contribution is 0.301. The van der Waals surface area contributed by atoms with Crippen LogP contribution in [0.5, 0.6) is 5.75 Å². The standard InChI is InChI=1S/C17H28ClNO/c1-3-5-6-7-8-9-12-20-17-11-10-16(18)13-15(17)14-19-4-2/h10-11,13,19H,3-9,12,14H2,1-2H3. The van der Waals surface area contributed by atoms with Crippen LogP contribution in [-0.4, -0.2) is 13.2 Å². The number of hydrogen-bond acceptors (Lipinski definition) is 2. The minimum absolute atomic E-state index is 0.768. The van der Waals surface area contributed by atoms with Crippen LogP contribution in [-0.2, 0) is 6.54 Å². The first kappa shape index (κ1) is 17.3. The molecule has 0 aliphatic heterocycles. The van der Waals surface area contributed by atoms with Crippen LogP contribution in [0.2, 0.25) is 5.02 Å². The highest BCUT2D eigenvalue weighted by Crippen LogP contribution is 2.23. The summed E-state index contributed by atoms with van der Waals surface area (Å²) >= 11 is 6.04. The van der Waals surface area contributed by atoms with Gasteiger partial charge in [-0.25, -0.2) is 0 Å². The highest BCUT2D eigenvalue weighted by Gasteiger charge is 2.04. The maximum absolute atomic E-state index is 6.04. The van der Waals surface area contributed by atoms with Crippen LogP contribution in [0.25, 0.3) is 0 Å². The maximum atomic E-state index is 6.04. The van der Waals surface area contributed by atoms with Gasteiger partial charge in [0.05, 0.1) is 6.61 Å². The predicted octanol–water partition coefficient (Wildman–Crippen LogP) is 5.19. The van der Waals surface area contributed by atoms with Gasteiger partial charge in [-0.15, -0.1) is 0 Å². The van der Waals surface area contributed by atoms with Gasteiger partial charge >= 0.3 is 0 Å². The second-order valence-electron chi connectivity index (χ2n) is 5.15. The minimum Gasteiger partial charge on any atom is -0.493 e. The fourth-order valence-corrected chi connectivity index (χ4v) is 2.35. The summed E-state index contributed by atoms with van der Waals surface area (Å²) in [6.07, 6.45) is 7.72. The smallest absolute Gasteiger partial charge is 0.123 e. The Bertz CT molecular complexity index is 368. The molecule has 2 nitrogen and oxygen atoms in total. The summed E-state index contributed by atoms with van der Waals surface area (Å²) in [5, 5.41) is 4.09. The molecule has 0 aliphatic carbocycles. The molecule has 0 radical (unpaired) electrons. The molecular weight excluding hydrogens is 270 g/mol. The molecule has 1 N–H and O–H groups in total. The fourth-order valence-electron chi connectivity index (χ4n) is 2.15. The second kappa shape index (κ2) is 11.0. The Morgan fingerprint density at radius 1 is 1.05 bits per heavy atom. The molecule has 0 saturated carbocycles. The summed E-state index contributed by atoms with van der Waals surface area (Å²) in [7, 11) is 0. The first-order valence-corrected chi connectivity index (χ1v) is 8.27. The molecule has 3 heteroatoms. The number of rotatable bonds is 11. The molecule has 1 rings (SSSR count). The topological polar surface area (TPSA) is 21.3 Å².